The van der Waals surface area contributed by atoms with Crippen LogP contribution in [-0.2, 0) is 13.5 Å². The third-order valence-electron chi connectivity index (χ3n) is 5.86. The van der Waals surface area contributed by atoms with Crippen molar-refractivity contribution >= 4 is 35.1 Å². The number of nitrogen functional groups attached to an aromatic ring is 1. The van der Waals surface area contributed by atoms with Crippen molar-refractivity contribution in [2.24, 2.45) is 18.7 Å². The van der Waals surface area contributed by atoms with Crippen LogP contribution in [0.15, 0.2) is 42.5 Å². The van der Waals surface area contributed by atoms with E-state index in [9.17, 15) is 4.79 Å². The number of aryl methyl sites for hydroxylation is 1. The van der Waals surface area contributed by atoms with Gasteiger partial charge < -0.3 is 10.3 Å². The van der Waals surface area contributed by atoms with E-state index >= 15 is 0 Å². The van der Waals surface area contributed by atoms with Gasteiger partial charge in [-0.1, -0.05) is 43.5 Å². The Morgan fingerprint density at radius 2 is 1.76 bits per heavy atom. The average molecular weight is 411 g/mol. The van der Waals surface area contributed by atoms with Crippen molar-refractivity contribution in [3.8, 4) is 0 Å². The normalized spacial score (nSPS) is 14.5. The first-order valence-electron chi connectivity index (χ1n) is 9.96. The Balaban J connectivity index is 0.00000240. The molecule has 29 heavy (non-hydrogen) atoms. The van der Waals surface area contributed by atoms with E-state index in [-0.39, 0.29) is 29.9 Å². The zero-order valence-corrected chi connectivity index (χ0v) is 17.5. The molecule has 0 saturated heterocycles. The lowest BCUT2D eigenvalue weighted by molar-refractivity contribution is 0.0889. The second kappa shape index (κ2) is 8.78. The molecule has 1 aromatic heterocycles. The zero-order chi connectivity index (χ0) is 19.7. The molecule has 1 saturated carbocycles. The maximum Gasteiger partial charge on any atom is 0.166 e. The number of amidine groups is 1. The van der Waals surface area contributed by atoms with Crippen molar-refractivity contribution in [2.75, 3.05) is 0 Å². The highest BCUT2D eigenvalue weighted by atomic mass is 35.5. The fourth-order valence-electron chi connectivity index (χ4n) is 4.15. The molecule has 0 amide bonds. The Kier molecular flexibility index (Phi) is 6.38. The molecule has 1 aliphatic carbocycles. The lowest BCUT2D eigenvalue weighted by Gasteiger charge is -2.20. The van der Waals surface area contributed by atoms with Gasteiger partial charge >= 0.3 is 0 Å². The molecule has 3 aromatic rings. The standard InChI is InChI=1S/C23H26N4O.ClH/c1-27-20-12-11-18(22(28)16-5-3-2-4-6-16)14-19(20)26-21(27)13-15-7-9-17(10-8-15)23(24)25;/h7-12,14,16H,2-6,13H2,1H3,(H3,24,25);1H. The highest BCUT2D eigenvalue weighted by Gasteiger charge is 2.23. The maximum atomic E-state index is 12.9. The van der Waals surface area contributed by atoms with Crippen LogP contribution in [0.4, 0.5) is 0 Å². The van der Waals surface area contributed by atoms with Crippen LogP contribution in [-0.4, -0.2) is 21.2 Å². The highest BCUT2D eigenvalue weighted by molar-refractivity contribution is 6.00. The van der Waals surface area contributed by atoms with E-state index in [1.165, 1.54) is 6.42 Å². The van der Waals surface area contributed by atoms with E-state index in [1.54, 1.807) is 0 Å². The van der Waals surface area contributed by atoms with Crippen LogP contribution in [0.2, 0.25) is 0 Å². The Labute approximate surface area is 177 Å². The van der Waals surface area contributed by atoms with E-state index in [1.807, 2.05) is 49.5 Å². The number of carbonyl (C=O) groups excluding carboxylic acids is 1. The van der Waals surface area contributed by atoms with E-state index in [2.05, 4.69) is 4.57 Å². The Bertz CT molecular complexity index is 1030. The van der Waals surface area contributed by atoms with E-state index in [4.69, 9.17) is 16.1 Å². The summed E-state index contributed by atoms with van der Waals surface area (Å²) in [5, 5.41) is 7.50. The molecule has 3 N–H and O–H groups in total. The van der Waals surface area contributed by atoms with Gasteiger partial charge in [-0.2, -0.15) is 0 Å². The molecule has 0 bridgehead atoms. The maximum absolute atomic E-state index is 12.9. The lowest BCUT2D eigenvalue weighted by Crippen LogP contribution is -2.17. The number of hydrogen-bond acceptors (Lipinski definition) is 3. The molecular formula is C23H27ClN4O. The van der Waals surface area contributed by atoms with Crippen molar-refractivity contribution in [1.29, 1.82) is 5.41 Å². The van der Waals surface area contributed by atoms with Crippen LogP contribution < -0.4 is 5.73 Å². The number of benzene rings is 2. The fourth-order valence-corrected chi connectivity index (χ4v) is 4.15. The summed E-state index contributed by atoms with van der Waals surface area (Å²) in [6, 6.07) is 13.6. The smallest absolute Gasteiger partial charge is 0.166 e. The summed E-state index contributed by atoms with van der Waals surface area (Å²) in [7, 11) is 2.01. The zero-order valence-electron chi connectivity index (χ0n) is 16.6. The van der Waals surface area contributed by atoms with Crippen molar-refractivity contribution in [1.82, 2.24) is 9.55 Å². The Morgan fingerprint density at radius 1 is 1.10 bits per heavy atom. The molecule has 0 spiro atoms. The summed E-state index contributed by atoms with van der Waals surface area (Å²) in [6.45, 7) is 0. The summed E-state index contributed by atoms with van der Waals surface area (Å²) in [4.78, 5) is 17.6. The molecule has 4 rings (SSSR count). The number of hydrogen-bond donors (Lipinski definition) is 2. The first-order valence-corrected chi connectivity index (χ1v) is 9.96. The van der Waals surface area contributed by atoms with E-state index < -0.39 is 0 Å². The van der Waals surface area contributed by atoms with Crippen LogP contribution >= 0.6 is 12.4 Å². The van der Waals surface area contributed by atoms with Gasteiger partial charge in [0.05, 0.1) is 11.0 Å². The van der Waals surface area contributed by atoms with Crippen LogP contribution in [0.1, 0.15) is 59.4 Å². The molecule has 1 aliphatic rings. The Morgan fingerprint density at radius 3 is 2.41 bits per heavy atom. The molecule has 5 nitrogen and oxygen atoms in total. The second-order valence-electron chi connectivity index (χ2n) is 7.78. The van der Waals surface area contributed by atoms with Crippen LogP contribution in [0.5, 0.6) is 0 Å². The first-order chi connectivity index (χ1) is 13.5. The van der Waals surface area contributed by atoms with Crippen LogP contribution in [0, 0.1) is 11.3 Å². The minimum Gasteiger partial charge on any atom is -0.384 e. The number of imidazole rings is 1. The van der Waals surface area contributed by atoms with Gasteiger partial charge in [-0.3, -0.25) is 10.2 Å². The number of nitrogens with zero attached hydrogens (tertiary/aromatic N) is 2. The SMILES string of the molecule is Cl.Cn1c(Cc2ccc(C(=N)N)cc2)nc2cc(C(=O)C3CCCCC3)ccc21. The van der Waals surface area contributed by atoms with Gasteiger partial charge in [0.15, 0.2) is 5.78 Å². The minimum absolute atomic E-state index is 0. The number of fused-ring (bicyclic) bond motifs is 1. The van der Waals surface area contributed by atoms with Gasteiger partial charge in [0, 0.05) is 30.5 Å². The summed E-state index contributed by atoms with van der Waals surface area (Å²) in [5.74, 6) is 1.47. The molecule has 0 unspecified atom stereocenters. The number of aromatic nitrogens is 2. The molecule has 1 fully saturated rings. The molecule has 0 atom stereocenters. The van der Waals surface area contributed by atoms with Crippen molar-refractivity contribution < 1.29 is 4.79 Å². The first kappa shape index (κ1) is 21.1. The predicted molar refractivity (Wildman–Crippen MR) is 119 cm³/mol. The molecule has 1 heterocycles. The van der Waals surface area contributed by atoms with Gasteiger partial charge in [0.1, 0.15) is 11.7 Å². The lowest BCUT2D eigenvalue weighted by atomic mass is 9.84. The summed E-state index contributed by atoms with van der Waals surface area (Å²) >= 11 is 0. The average Bonchev–Trinajstić information content (AvgIpc) is 3.03. The number of rotatable bonds is 5. The van der Waals surface area contributed by atoms with Crippen LogP contribution in [0.25, 0.3) is 11.0 Å². The summed E-state index contributed by atoms with van der Waals surface area (Å²) in [6.07, 6.45) is 6.29. The second-order valence-corrected chi connectivity index (χ2v) is 7.78. The molecule has 0 aliphatic heterocycles. The predicted octanol–water partition coefficient (Wildman–Crippen LogP) is 4.63. The third-order valence-corrected chi connectivity index (χ3v) is 5.86. The molecule has 0 radical (unpaired) electrons. The monoisotopic (exact) mass is 410 g/mol. The number of Topliss-reactive ketones (excluding diaryl/α,β-unsaturated/α-hetero) is 1. The highest BCUT2D eigenvalue weighted by Crippen LogP contribution is 2.28. The van der Waals surface area contributed by atoms with Gasteiger partial charge in [-0.15, -0.1) is 12.4 Å². The number of nitrogens with two attached hydrogens (primary N) is 1. The topological polar surface area (TPSA) is 84.8 Å². The number of nitrogens with one attached hydrogen (secondary N) is 1. The summed E-state index contributed by atoms with van der Waals surface area (Å²) < 4.78 is 2.09. The largest absolute Gasteiger partial charge is 0.384 e. The third kappa shape index (κ3) is 4.35. The van der Waals surface area contributed by atoms with Gasteiger partial charge in [0.25, 0.3) is 0 Å². The van der Waals surface area contributed by atoms with Gasteiger partial charge in [0.2, 0.25) is 0 Å². The number of halogens is 1. The quantitative estimate of drug-likeness (QED) is 0.365. The minimum atomic E-state index is 0. The summed E-state index contributed by atoms with van der Waals surface area (Å²) in [5.41, 5.74) is 10.1. The number of ketones is 1. The van der Waals surface area contributed by atoms with Crippen LogP contribution in [0.3, 0.4) is 0 Å². The van der Waals surface area contributed by atoms with E-state index in [0.29, 0.717) is 6.42 Å². The molecular weight excluding hydrogens is 384 g/mol. The van der Waals surface area contributed by atoms with E-state index in [0.717, 1.165) is 59.2 Å². The van der Waals surface area contributed by atoms with Crippen molar-refractivity contribution in [2.45, 2.75) is 38.5 Å². The molecule has 6 heteroatoms. The van der Waals surface area contributed by atoms with Gasteiger partial charge in [-0.05, 0) is 36.6 Å². The Hall–Kier alpha value is -2.66. The van der Waals surface area contributed by atoms with Crippen molar-refractivity contribution in [3.63, 3.8) is 0 Å². The van der Waals surface area contributed by atoms with Gasteiger partial charge in [-0.25, -0.2) is 4.98 Å². The van der Waals surface area contributed by atoms with Crippen molar-refractivity contribution in [3.05, 3.63) is 65.0 Å². The molecule has 2 aromatic carbocycles. The molecule has 152 valence electrons. The fraction of sp³-hybridized carbons (Fsp3) is 0.348. The number of carbonyl (C=O) groups is 1.